The predicted octanol–water partition coefficient (Wildman–Crippen LogP) is 23.1. The third-order valence-corrected chi connectivity index (χ3v) is 18.3. The number of aliphatic hydroxyl groups is 1. The van der Waals surface area contributed by atoms with Crippen molar-refractivity contribution < 1.29 is 80.2 Å². The summed E-state index contributed by atoms with van der Waals surface area (Å²) in [5.74, 6) is -2.26. The Labute approximate surface area is 619 Å². The van der Waals surface area contributed by atoms with Gasteiger partial charge in [-0.05, 0) is 161 Å². The van der Waals surface area contributed by atoms with Crippen molar-refractivity contribution >= 4 is 39.5 Å². The minimum Gasteiger partial charge on any atom is -0.462 e. The van der Waals surface area contributed by atoms with Gasteiger partial charge in [-0.3, -0.25) is 37.3 Å². The molecular weight excluding hydrogens is 1330 g/mol. The number of carbonyl (C=O) groups is 4. The Kier molecular flexibility index (Phi) is 71.4. The molecule has 0 heterocycles. The highest BCUT2D eigenvalue weighted by Gasteiger charge is 2.30. The van der Waals surface area contributed by atoms with E-state index in [1.54, 1.807) is 0 Å². The summed E-state index contributed by atoms with van der Waals surface area (Å²) in [5, 5.41) is 10.6. The minimum absolute atomic E-state index is 0.0675. The van der Waals surface area contributed by atoms with E-state index in [0.717, 1.165) is 180 Å². The molecule has 586 valence electrons. The third-order valence-electron chi connectivity index (χ3n) is 16.4. The molecule has 0 saturated heterocycles. The lowest BCUT2D eigenvalue weighted by Gasteiger charge is -2.21. The van der Waals surface area contributed by atoms with E-state index in [2.05, 4.69) is 149 Å². The van der Waals surface area contributed by atoms with Gasteiger partial charge in [0.15, 0.2) is 12.2 Å². The van der Waals surface area contributed by atoms with Gasteiger partial charge in [0.1, 0.15) is 19.3 Å². The van der Waals surface area contributed by atoms with Crippen molar-refractivity contribution in [3.05, 3.63) is 122 Å². The molecule has 0 aliphatic rings. The van der Waals surface area contributed by atoms with E-state index >= 15 is 0 Å². The van der Waals surface area contributed by atoms with Crippen molar-refractivity contribution in [2.45, 2.75) is 341 Å². The van der Waals surface area contributed by atoms with Crippen LogP contribution in [0.4, 0.5) is 0 Å². The van der Waals surface area contributed by atoms with Gasteiger partial charge in [0.25, 0.3) is 0 Å². The Hall–Kier alpha value is -4.54. The molecule has 0 aromatic rings. The number of phosphoric ester groups is 2. The zero-order valence-corrected chi connectivity index (χ0v) is 65.8. The fourth-order valence-electron chi connectivity index (χ4n) is 10.3. The van der Waals surface area contributed by atoms with Gasteiger partial charge in [0.2, 0.25) is 0 Å². The maximum absolute atomic E-state index is 13.1. The van der Waals surface area contributed by atoms with Crippen LogP contribution in [0.2, 0.25) is 0 Å². The molecule has 0 aromatic heterocycles. The maximum atomic E-state index is 13.1. The number of allylic oxidation sites excluding steroid dienone is 20. The Morgan fingerprint density at radius 3 is 0.833 bits per heavy atom. The van der Waals surface area contributed by atoms with Crippen LogP contribution in [-0.2, 0) is 65.4 Å². The first-order valence-electron chi connectivity index (χ1n) is 39.8. The molecule has 19 heteroatoms. The lowest BCUT2D eigenvalue weighted by Crippen LogP contribution is -2.30. The number of carbonyl (C=O) groups excluding carboxylic acids is 4. The number of hydrogen-bond donors (Lipinski definition) is 3. The zero-order chi connectivity index (χ0) is 74.6. The number of aliphatic hydroxyl groups excluding tert-OH is 1. The second kappa shape index (κ2) is 74.7. The Bertz CT molecular complexity index is 2410. The lowest BCUT2D eigenvalue weighted by atomic mass is 10.1. The summed E-state index contributed by atoms with van der Waals surface area (Å²) in [6.07, 6.45) is 81.8. The molecule has 0 fully saturated rings. The van der Waals surface area contributed by atoms with E-state index in [-0.39, 0.29) is 25.7 Å². The largest absolute Gasteiger partial charge is 0.472 e. The van der Waals surface area contributed by atoms with Crippen molar-refractivity contribution in [2.24, 2.45) is 0 Å². The Morgan fingerprint density at radius 1 is 0.284 bits per heavy atom. The molecule has 0 aliphatic heterocycles. The van der Waals surface area contributed by atoms with Crippen LogP contribution < -0.4 is 0 Å². The van der Waals surface area contributed by atoms with Crippen LogP contribution in [0, 0.1) is 0 Å². The number of unbranched alkanes of at least 4 members (excludes halogenated alkanes) is 28. The van der Waals surface area contributed by atoms with Gasteiger partial charge in [-0.1, -0.05) is 258 Å². The summed E-state index contributed by atoms with van der Waals surface area (Å²) in [4.78, 5) is 73.0. The molecule has 0 spiro atoms. The van der Waals surface area contributed by atoms with Crippen LogP contribution in [0.5, 0.6) is 0 Å². The van der Waals surface area contributed by atoms with E-state index < -0.39 is 97.5 Å². The normalized spacial score (nSPS) is 14.5. The molecule has 0 radical (unpaired) electrons. The maximum Gasteiger partial charge on any atom is 0.472 e. The summed E-state index contributed by atoms with van der Waals surface area (Å²) >= 11 is 0. The molecule has 0 rings (SSSR count). The smallest absolute Gasteiger partial charge is 0.462 e. The van der Waals surface area contributed by atoms with Gasteiger partial charge < -0.3 is 33.8 Å². The van der Waals surface area contributed by atoms with Crippen LogP contribution in [0.15, 0.2) is 122 Å². The van der Waals surface area contributed by atoms with Crippen LogP contribution in [-0.4, -0.2) is 96.7 Å². The van der Waals surface area contributed by atoms with Crippen LogP contribution in [0.25, 0.3) is 0 Å². The number of esters is 4. The van der Waals surface area contributed by atoms with Crippen molar-refractivity contribution in [1.82, 2.24) is 0 Å². The summed E-state index contributed by atoms with van der Waals surface area (Å²) in [6, 6.07) is 0. The molecule has 5 atom stereocenters. The van der Waals surface area contributed by atoms with E-state index in [0.29, 0.717) is 25.7 Å². The van der Waals surface area contributed by atoms with Crippen molar-refractivity contribution in [3.8, 4) is 0 Å². The molecule has 0 saturated carbocycles. The Balaban J connectivity index is 5.39. The van der Waals surface area contributed by atoms with E-state index in [1.807, 2.05) is 0 Å². The molecule has 0 amide bonds. The van der Waals surface area contributed by atoms with E-state index in [4.69, 9.17) is 37.0 Å². The van der Waals surface area contributed by atoms with Gasteiger partial charge in [0, 0.05) is 25.7 Å². The standard InChI is InChI=1S/C83H142O17P2/c1-5-9-13-17-21-25-29-33-36-37-38-39-42-45-48-52-56-60-64-68-81(86)94-73-78(99-82(87)69-65-61-57-53-49-43-32-28-24-20-16-12-8-4)75-97-101(89,90)95-71-77(84)72-96-102(91,92)98-76-79(100-83(88)70-66-62-58-54-50-46-41-35-31-27-23-19-15-11-7-3)74-93-80(85)67-63-59-55-51-47-44-40-34-30-26-22-18-14-10-6-2/h10,14,21-23,25-28,32-36,38-41,47,51,77-79,84H,5-9,11-13,15-20,24,29-31,37,42-46,48-50,52-76H2,1-4H3,(H,89,90)(H,91,92)/b14-10-,25-21-,26-22-,27-23-,32-28-,36-33-,39-38-,40-34-,41-35-,51-47-. The predicted molar refractivity (Wildman–Crippen MR) is 418 cm³/mol. The number of phosphoric acid groups is 2. The number of hydrogen-bond acceptors (Lipinski definition) is 15. The fraction of sp³-hybridized carbons (Fsp3) is 0.711. The van der Waals surface area contributed by atoms with Gasteiger partial charge in [-0.2, -0.15) is 0 Å². The summed E-state index contributed by atoms with van der Waals surface area (Å²) in [6.45, 7) is 4.62. The third kappa shape index (κ3) is 73.8. The van der Waals surface area contributed by atoms with Gasteiger partial charge in [0.05, 0.1) is 26.4 Å². The van der Waals surface area contributed by atoms with Crippen LogP contribution in [0.1, 0.15) is 323 Å². The molecule has 0 aromatic carbocycles. The first kappa shape index (κ1) is 97.5. The quantitative estimate of drug-likeness (QED) is 0.0169. The molecule has 17 nitrogen and oxygen atoms in total. The minimum atomic E-state index is -4.99. The molecule has 0 bridgehead atoms. The number of rotatable bonds is 74. The topological polar surface area (TPSA) is 237 Å². The first-order chi connectivity index (χ1) is 49.7. The second-order valence-corrected chi connectivity index (χ2v) is 29.2. The summed E-state index contributed by atoms with van der Waals surface area (Å²) in [5.41, 5.74) is 0. The average Bonchev–Trinajstić information content (AvgIpc) is 0.919. The van der Waals surface area contributed by atoms with Crippen molar-refractivity contribution in [2.75, 3.05) is 39.6 Å². The Morgan fingerprint density at radius 2 is 0.510 bits per heavy atom. The molecule has 3 N–H and O–H groups in total. The monoisotopic (exact) mass is 1470 g/mol. The molecule has 5 unspecified atom stereocenters. The fourth-order valence-corrected chi connectivity index (χ4v) is 11.9. The first-order valence-corrected chi connectivity index (χ1v) is 42.8. The average molecular weight is 1470 g/mol. The summed E-state index contributed by atoms with van der Waals surface area (Å²) in [7, 11) is -9.98. The van der Waals surface area contributed by atoms with Crippen molar-refractivity contribution in [3.63, 3.8) is 0 Å². The number of ether oxygens (including phenoxy) is 4. The van der Waals surface area contributed by atoms with Crippen LogP contribution >= 0.6 is 15.6 Å². The molecular formula is C83H142O17P2. The van der Waals surface area contributed by atoms with Gasteiger partial charge >= 0.3 is 39.5 Å². The highest BCUT2D eigenvalue weighted by Crippen LogP contribution is 2.45. The van der Waals surface area contributed by atoms with Gasteiger partial charge in [-0.15, -0.1) is 0 Å². The second-order valence-electron chi connectivity index (χ2n) is 26.3. The highest BCUT2D eigenvalue weighted by molar-refractivity contribution is 7.47. The van der Waals surface area contributed by atoms with Crippen LogP contribution in [0.3, 0.4) is 0 Å². The van der Waals surface area contributed by atoms with E-state index in [9.17, 15) is 43.2 Å². The van der Waals surface area contributed by atoms with Crippen molar-refractivity contribution in [1.29, 1.82) is 0 Å². The van der Waals surface area contributed by atoms with Gasteiger partial charge in [-0.25, -0.2) is 9.13 Å². The zero-order valence-electron chi connectivity index (χ0n) is 64.0. The lowest BCUT2D eigenvalue weighted by molar-refractivity contribution is -0.161. The molecule has 0 aliphatic carbocycles. The highest BCUT2D eigenvalue weighted by atomic mass is 31.2. The SMILES string of the molecule is CC/C=C\C/C=C\C/C=C\C/C=C\CCCCC(=O)OCC(COP(=O)(O)OCC(O)COP(=O)(O)OCC(COC(=O)CCCCCCCC/C=C\C/C=C\C/C=C\CCCCC)OC(=O)CCCCCCC/C=C\CCCCCC)OC(=O)CCCCCCC/C=C\C/C=C\CCCCC. The summed E-state index contributed by atoms with van der Waals surface area (Å²) < 4.78 is 68.5. The van der Waals surface area contributed by atoms with E-state index in [1.165, 1.54) is 64.2 Å². The molecule has 102 heavy (non-hydrogen) atoms.